The molecule has 2 nitrogen and oxygen atoms in total. The number of aliphatic carboxylic acids is 1. The topological polar surface area (TPSA) is 37.3 Å². The van der Waals surface area contributed by atoms with Crippen LogP contribution in [0.1, 0.15) is 32.1 Å². The summed E-state index contributed by atoms with van der Waals surface area (Å²) in [5.41, 5.74) is 0. The predicted molar refractivity (Wildman–Crippen MR) is 68.2 cm³/mol. The molecule has 0 spiro atoms. The lowest BCUT2D eigenvalue weighted by atomic mass is 10.0. The fourth-order valence-electron chi connectivity index (χ4n) is 2.18. The van der Waals surface area contributed by atoms with E-state index in [0.29, 0.717) is 0 Å². The molecule has 1 saturated carbocycles. The van der Waals surface area contributed by atoms with E-state index in [1.807, 2.05) is 6.07 Å². The molecule has 2 rings (SSSR count). The lowest BCUT2D eigenvalue weighted by molar-refractivity contribution is -0.141. The fourth-order valence-corrected chi connectivity index (χ4v) is 4.54. The van der Waals surface area contributed by atoms with Crippen LogP contribution in [0.15, 0.2) is 21.7 Å². The van der Waals surface area contributed by atoms with Gasteiger partial charge in [-0.3, -0.25) is 4.79 Å². The average molecular weight is 256 g/mol. The number of carboxylic acid groups (broad SMARTS) is 1. The summed E-state index contributed by atoms with van der Waals surface area (Å²) in [4.78, 5) is 11.2. The molecule has 0 aliphatic heterocycles. The first-order valence-electron chi connectivity index (χ1n) is 5.70. The van der Waals surface area contributed by atoms with Crippen molar-refractivity contribution in [3.05, 3.63) is 17.5 Å². The summed E-state index contributed by atoms with van der Waals surface area (Å²) in [6, 6.07) is 4.11. The van der Waals surface area contributed by atoms with Gasteiger partial charge in [0.05, 0.1) is 10.1 Å². The van der Waals surface area contributed by atoms with Crippen LogP contribution >= 0.6 is 23.1 Å². The molecule has 2 atom stereocenters. The molecular formula is C12H16O2S2. The van der Waals surface area contributed by atoms with Crippen LogP contribution in [0.25, 0.3) is 0 Å². The van der Waals surface area contributed by atoms with Gasteiger partial charge in [-0.1, -0.05) is 25.3 Å². The molecule has 4 heteroatoms. The van der Waals surface area contributed by atoms with Gasteiger partial charge in [0.1, 0.15) is 0 Å². The van der Waals surface area contributed by atoms with Gasteiger partial charge in [0, 0.05) is 5.25 Å². The molecule has 1 aromatic heterocycles. The van der Waals surface area contributed by atoms with Crippen LogP contribution in [0.5, 0.6) is 0 Å². The number of rotatable bonds is 3. The number of hydrogen-bond donors (Lipinski definition) is 1. The van der Waals surface area contributed by atoms with E-state index < -0.39 is 5.97 Å². The predicted octanol–water partition coefficient (Wildman–Crippen LogP) is 3.87. The highest BCUT2D eigenvalue weighted by atomic mass is 32.2. The Bertz CT molecular complexity index is 335. The number of hydrogen-bond acceptors (Lipinski definition) is 3. The largest absolute Gasteiger partial charge is 0.481 e. The van der Waals surface area contributed by atoms with Gasteiger partial charge in [-0.2, -0.15) is 0 Å². The van der Waals surface area contributed by atoms with E-state index in [9.17, 15) is 9.90 Å². The first kappa shape index (κ1) is 12.0. The van der Waals surface area contributed by atoms with Crippen LogP contribution in [-0.2, 0) is 4.79 Å². The Labute approximate surface area is 104 Å². The van der Waals surface area contributed by atoms with E-state index in [4.69, 9.17) is 0 Å². The van der Waals surface area contributed by atoms with E-state index in [1.165, 1.54) is 17.1 Å². The smallest absolute Gasteiger partial charge is 0.307 e. The molecule has 1 aromatic rings. The quantitative estimate of drug-likeness (QED) is 0.834. The monoisotopic (exact) mass is 256 g/mol. The second kappa shape index (κ2) is 5.73. The lowest BCUT2D eigenvalue weighted by Crippen LogP contribution is -2.24. The molecule has 1 heterocycles. The van der Waals surface area contributed by atoms with E-state index in [0.717, 1.165) is 19.3 Å². The zero-order valence-electron chi connectivity index (χ0n) is 9.09. The maximum atomic E-state index is 11.2. The highest BCUT2D eigenvalue weighted by Gasteiger charge is 2.30. The summed E-state index contributed by atoms with van der Waals surface area (Å²) in [7, 11) is 0. The van der Waals surface area contributed by atoms with Crippen LogP contribution in [0.2, 0.25) is 0 Å². The third kappa shape index (κ3) is 3.01. The summed E-state index contributed by atoms with van der Waals surface area (Å²) in [5, 5.41) is 11.6. The fraction of sp³-hybridized carbons (Fsp3) is 0.583. The third-order valence-corrected chi connectivity index (χ3v) is 5.51. The number of carbonyl (C=O) groups is 1. The van der Waals surface area contributed by atoms with Crippen molar-refractivity contribution in [3.63, 3.8) is 0 Å². The van der Waals surface area contributed by atoms with Crippen molar-refractivity contribution in [3.8, 4) is 0 Å². The molecule has 0 radical (unpaired) electrons. The minimum Gasteiger partial charge on any atom is -0.481 e. The molecule has 0 saturated heterocycles. The van der Waals surface area contributed by atoms with Crippen LogP contribution < -0.4 is 0 Å². The number of thioether (sulfide) groups is 1. The molecular weight excluding hydrogens is 240 g/mol. The Morgan fingerprint density at radius 1 is 1.38 bits per heavy atom. The van der Waals surface area contributed by atoms with Gasteiger partial charge in [-0.25, -0.2) is 0 Å². The second-order valence-corrected chi connectivity index (χ2v) is 6.66. The molecule has 0 bridgehead atoms. The first-order chi connectivity index (χ1) is 7.77. The van der Waals surface area contributed by atoms with Crippen molar-refractivity contribution in [2.75, 3.05) is 0 Å². The van der Waals surface area contributed by atoms with Crippen molar-refractivity contribution < 1.29 is 9.90 Å². The normalized spacial score (nSPS) is 26.2. The number of carboxylic acids is 1. The molecule has 16 heavy (non-hydrogen) atoms. The maximum Gasteiger partial charge on any atom is 0.307 e. The third-order valence-electron chi connectivity index (χ3n) is 3.03. The van der Waals surface area contributed by atoms with Gasteiger partial charge in [-0.15, -0.1) is 23.1 Å². The van der Waals surface area contributed by atoms with Crippen molar-refractivity contribution in [1.82, 2.24) is 0 Å². The zero-order valence-corrected chi connectivity index (χ0v) is 10.7. The molecule has 1 aliphatic carbocycles. The molecule has 1 aliphatic rings. The van der Waals surface area contributed by atoms with Gasteiger partial charge in [0.2, 0.25) is 0 Å². The van der Waals surface area contributed by atoms with Gasteiger partial charge in [0.15, 0.2) is 0 Å². The summed E-state index contributed by atoms with van der Waals surface area (Å²) in [6.45, 7) is 0. The molecule has 0 amide bonds. The number of thiophene rings is 1. The zero-order chi connectivity index (χ0) is 11.4. The van der Waals surface area contributed by atoms with E-state index in [-0.39, 0.29) is 11.2 Å². The Morgan fingerprint density at radius 2 is 2.19 bits per heavy atom. The highest BCUT2D eigenvalue weighted by Crippen LogP contribution is 2.38. The van der Waals surface area contributed by atoms with Crippen LogP contribution in [0, 0.1) is 5.92 Å². The van der Waals surface area contributed by atoms with Gasteiger partial charge in [-0.05, 0) is 24.3 Å². The van der Waals surface area contributed by atoms with Crippen LogP contribution in [-0.4, -0.2) is 16.3 Å². The minimum absolute atomic E-state index is 0.158. The van der Waals surface area contributed by atoms with Crippen molar-refractivity contribution in [2.45, 2.75) is 41.6 Å². The molecule has 2 unspecified atom stereocenters. The molecule has 1 fully saturated rings. The Kier molecular flexibility index (Phi) is 4.29. The van der Waals surface area contributed by atoms with Gasteiger partial charge in [0.25, 0.3) is 0 Å². The summed E-state index contributed by atoms with van der Waals surface area (Å²) >= 11 is 3.47. The van der Waals surface area contributed by atoms with Crippen LogP contribution in [0.4, 0.5) is 0 Å². The van der Waals surface area contributed by atoms with Crippen LogP contribution in [0.3, 0.4) is 0 Å². The summed E-state index contributed by atoms with van der Waals surface area (Å²) < 4.78 is 1.25. The van der Waals surface area contributed by atoms with Crippen molar-refractivity contribution in [2.24, 2.45) is 5.92 Å². The molecule has 1 N–H and O–H groups in total. The van der Waals surface area contributed by atoms with Gasteiger partial charge >= 0.3 is 5.97 Å². The average Bonchev–Trinajstić information content (AvgIpc) is 2.63. The second-order valence-electron chi connectivity index (χ2n) is 4.17. The Balaban J connectivity index is 2.05. The van der Waals surface area contributed by atoms with Crippen molar-refractivity contribution >= 4 is 29.1 Å². The summed E-state index contributed by atoms with van der Waals surface area (Å²) in [6.07, 6.45) is 5.31. The van der Waals surface area contributed by atoms with E-state index in [1.54, 1.807) is 23.1 Å². The SMILES string of the molecule is O=C(O)C1CCCCCC1Sc1cccs1. The standard InChI is InChI=1S/C12H16O2S2/c13-12(14)9-5-2-1-3-6-10(9)16-11-7-4-8-15-11/h4,7-10H,1-3,5-6H2,(H,13,14). The van der Waals surface area contributed by atoms with E-state index >= 15 is 0 Å². The van der Waals surface area contributed by atoms with Gasteiger partial charge < -0.3 is 5.11 Å². The van der Waals surface area contributed by atoms with Crippen molar-refractivity contribution in [1.29, 1.82) is 0 Å². The van der Waals surface area contributed by atoms with E-state index in [2.05, 4.69) is 11.4 Å². The minimum atomic E-state index is -0.615. The maximum absolute atomic E-state index is 11.2. The highest BCUT2D eigenvalue weighted by molar-refractivity contribution is 8.01. The Morgan fingerprint density at radius 3 is 2.88 bits per heavy atom. The summed E-state index contributed by atoms with van der Waals surface area (Å²) in [5.74, 6) is -0.773. The molecule has 88 valence electrons. The lowest BCUT2D eigenvalue weighted by Gasteiger charge is -2.19. The Hall–Kier alpha value is -0.480. The first-order valence-corrected chi connectivity index (χ1v) is 7.46. The molecule has 0 aromatic carbocycles.